The number of amides is 2. The Hall–Kier alpha value is -2.63. The lowest BCUT2D eigenvalue weighted by molar-refractivity contribution is -0.138. The third kappa shape index (κ3) is 5.40. The molecule has 0 bridgehead atoms. The van der Waals surface area contributed by atoms with Gasteiger partial charge in [-0.05, 0) is 25.8 Å². The number of carbonyl (C=O) groups is 2. The first-order valence-corrected chi connectivity index (χ1v) is 11.2. The van der Waals surface area contributed by atoms with Crippen LogP contribution in [-0.2, 0) is 9.53 Å². The number of pyridine rings is 1. The molecule has 1 aliphatic heterocycles. The maximum absolute atomic E-state index is 13.3. The van der Waals surface area contributed by atoms with Crippen molar-refractivity contribution in [2.45, 2.75) is 45.3 Å². The van der Waals surface area contributed by atoms with Gasteiger partial charge < -0.3 is 24.4 Å². The standard InChI is InChI=1S/C24H33N3O5/c1-16-13-27(17(2)15-28)24(30)20-11-18(7-6-10-31-4)12-25-22(20)32-21(16)14-26(3)23(29)19-8-5-9-19/h11-12,16-17,19,21,28H,5,8-10,13-15H2,1-4H3/t16-,17+,21+/m1/s1. The molecule has 8 nitrogen and oxygen atoms in total. The highest BCUT2D eigenvalue weighted by Crippen LogP contribution is 2.30. The molecule has 174 valence electrons. The summed E-state index contributed by atoms with van der Waals surface area (Å²) in [7, 11) is 3.37. The maximum Gasteiger partial charge on any atom is 0.259 e. The molecule has 0 unspecified atom stereocenters. The van der Waals surface area contributed by atoms with Crippen molar-refractivity contribution in [3.63, 3.8) is 0 Å². The van der Waals surface area contributed by atoms with E-state index in [4.69, 9.17) is 9.47 Å². The van der Waals surface area contributed by atoms with Gasteiger partial charge in [-0.1, -0.05) is 25.2 Å². The monoisotopic (exact) mass is 443 g/mol. The second-order valence-corrected chi connectivity index (χ2v) is 8.78. The van der Waals surface area contributed by atoms with E-state index >= 15 is 0 Å². The zero-order valence-corrected chi connectivity index (χ0v) is 19.3. The van der Waals surface area contributed by atoms with Crippen molar-refractivity contribution in [1.29, 1.82) is 0 Å². The molecule has 3 rings (SSSR count). The number of methoxy groups -OCH3 is 1. The molecule has 32 heavy (non-hydrogen) atoms. The summed E-state index contributed by atoms with van der Waals surface area (Å²) in [6.45, 7) is 4.73. The van der Waals surface area contributed by atoms with Crippen LogP contribution in [0, 0.1) is 23.7 Å². The maximum atomic E-state index is 13.3. The smallest absolute Gasteiger partial charge is 0.259 e. The van der Waals surface area contributed by atoms with Gasteiger partial charge in [-0.15, -0.1) is 0 Å². The predicted octanol–water partition coefficient (Wildman–Crippen LogP) is 1.56. The fourth-order valence-corrected chi connectivity index (χ4v) is 3.93. The summed E-state index contributed by atoms with van der Waals surface area (Å²) >= 11 is 0. The second-order valence-electron chi connectivity index (χ2n) is 8.78. The van der Waals surface area contributed by atoms with Gasteiger partial charge in [0.05, 0.1) is 19.2 Å². The Morgan fingerprint density at radius 2 is 2.22 bits per heavy atom. The van der Waals surface area contributed by atoms with Gasteiger partial charge in [-0.2, -0.15) is 0 Å². The van der Waals surface area contributed by atoms with Gasteiger partial charge in [0.1, 0.15) is 18.3 Å². The molecule has 2 aliphatic rings. The minimum Gasteiger partial charge on any atom is -0.472 e. The molecule has 1 saturated carbocycles. The van der Waals surface area contributed by atoms with E-state index in [-0.39, 0.29) is 54.9 Å². The van der Waals surface area contributed by atoms with Crippen LogP contribution in [0.15, 0.2) is 12.3 Å². The zero-order chi connectivity index (χ0) is 23.3. The lowest BCUT2D eigenvalue weighted by atomic mass is 9.84. The Kier molecular flexibility index (Phi) is 8.10. The first-order chi connectivity index (χ1) is 15.3. The summed E-state index contributed by atoms with van der Waals surface area (Å²) in [5.74, 6) is 5.95. The third-order valence-corrected chi connectivity index (χ3v) is 6.25. The van der Waals surface area contributed by atoms with E-state index < -0.39 is 0 Å². The molecule has 0 saturated heterocycles. The van der Waals surface area contributed by atoms with Crippen molar-refractivity contribution in [2.75, 3.05) is 40.5 Å². The third-order valence-electron chi connectivity index (χ3n) is 6.25. The molecule has 1 fully saturated rings. The van der Waals surface area contributed by atoms with Crippen LogP contribution in [0.4, 0.5) is 0 Å². The molecule has 0 spiro atoms. The number of hydrogen-bond acceptors (Lipinski definition) is 6. The van der Waals surface area contributed by atoms with Gasteiger partial charge in [0.15, 0.2) is 0 Å². The average Bonchev–Trinajstić information content (AvgIpc) is 2.74. The lowest BCUT2D eigenvalue weighted by Crippen LogP contribution is -2.51. The molecule has 3 atom stereocenters. The van der Waals surface area contributed by atoms with Crippen LogP contribution < -0.4 is 4.74 Å². The van der Waals surface area contributed by atoms with E-state index in [0.717, 1.165) is 19.3 Å². The summed E-state index contributed by atoms with van der Waals surface area (Å²) in [6.07, 6.45) is 4.21. The van der Waals surface area contributed by atoms with Crippen LogP contribution in [0.5, 0.6) is 5.88 Å². The molecule has 1 N–H and O–H groups in total. The van der Waals surface area contributed by atoms with Gasteiger partial charge >= 0.3 is 0 Å². The summed E-state index contributed by atoms with van der Waals surface area (Å²) in [5.41, 5.74) is 0.885. The van der Waals surface area contributed by atoms with E-state index in [9.17, 15) is 14.7 Å². The van der Waals surface area contributed by atoms with Crippen molar-refractivity contribution in [1.82, 2.24) is 14.8 Å². The fraction of sp³-hybridized carbons (Fsp3) is 0.625. The molecule has 1 aromatic heterocycles. The van der Waals surface area contributed by atoms with Crippen molar-refractivity contribution < 1.29 is 24.2 Å². The van der Waals surface area contributed by atoms with Gasteiger partial charge in [0.25, 0.3) is 5.91 Å². The molecule has 1 aliphatic carbocycles. The second kappa shape index (κ2) is 10.8. The van der Waals surface area contributed by atoms with Gasteiger partial charge in [0.2, 0.25) is 11.8 Å². The number of rotatable bonds is 6. The summed E-state index contributed by atoms with van der Waals surface area (Å²) in [6, 6.07) is 1.30. The minimum absolute atomic E-state index is 0.0688. The fourth-order valence-electron chi connectivity index (χ4n) is 3.93. The normalized spacial score (nSPS) is 21.8. The molecule has 0 aromatic carbocycles. The number of carbonyl (C=O) groups excluding carboxylic acids is 2. The Morgan fingerprint density at radius 1 is 1.47 bits per heavy atom. The van der Waals surface area contributed by atoms with E-state index in [2.05, 4.69) is 16.8 Å². The molecule has 8 heteroatoms. The SMILES string of the molecule is COCC#Cc1cnc2c(c1)C(=O)N([C@@H](C)CO)C[C@@H](C)[C@H](CN(C)C(=O)C1CCC1)O2. The topological polar surface area (TPSA) is 92.2 Å². The molecule has 1 aromatic rings. The van der Waals surface area contributed by atoms with E-state index in [1.807, 2.05) is 13.8 Å². The van der Waals surface area contributed by atoms with Crippen molar-refractivity contribution in [3.8, 4) is 17.7 Å². The number of hydrogen-bond donors (Lipinski definition) is 1. The Morgan fingerprint density at radius 3 is 2.84 bits per heavy atom. The van der Waals surface area contributed by atoms with Crippen LogP contribution in [-0.4, -0.2) is 84.3 Å². The number of nitrogens with zero attached hydrogens (tertiary/aromatic N) is 3. The molecule has 2 heterocycles. The van der Waals surface area contributed by atoms with Crippen LogP contribution >= 0.6 is 0 Å². The van der Waals surface area contributed by atoms with Gasteiger partial charge in [-0.25, -0.2) is 4.98 Å². The highest BCUT2D eigenvalue weighted by atomic mass is 16.5. The molecular weight excluding hydrogens is 410 g/mol. The largest absolute Gasteiger partial charge is 0.472 e. The van der Waals surface area contributed by atoms with Crippen molar-refractivity contribution in [2.24, 2.45) is 11.8 Å². The summed E-state index contributed by atoms with van der Waals surface area (Å²) in [5, 5.41) is 9.75. The number of fused-ring (bicyclic) bond motifs is 1. The number of aromatic nitrogens is 1. The average molecular weight is 444 g/mol. The van der Waals surface area contributed by atoms with Crippen LogP contribution in [0.1, 0.15) is 49.0 Å². The van der Waals surface area contributed by atoms with Crippen LogP contribution in [0.2, 0.25) is 0 Å². The number of aliphatic hydroxyl groups is 1. The lowest BCUT2D eigenvalue weighted by Gasteiger charge is -2.38. The minimum atomic E-state index is -0.367. The molecule has 2 amide bonds. The van der Waals surface area contributed by atoms with Crippen molar-refractivity contribution >= 4 is 11.8 Å². The van der Waals surface area contributed by atoms with Crippen LogP contribution in [0.25, 0.3) is 0 Å². The van der Waals surface area contributed by atoms with Crippen molar-refractivity contribution in [3.05, 3.63) is 23.4 Å². The molecular formula is C24H33N3O5. The highest BCUT2D eigenvalue weighted by molar-refractivity contribution is 5.97. The van der Waals surface area contributed by atoms with E-state index in [1.54, 1.807) is 36.2 Å². The Balaban J connectivity index is 1.91. The first kappa shape index (κ1) is 24.0. The predicted molar refractivity (Wildman–Crippen MR) is 119 cm³/mol. The number of ether oxygens (including phenoxy) is 2. The Bertz CT molecular complexity index is 889. The molecule has 0 radical (unpaired) electrons. The summed E-state index contributed by atoms with van der Waals surface area (Å²) in [4.78, 5) is 33.8. The highest BCUT2D eigenvalue weighted by Gasteiger charge is 2.36. The van der Waals surface area contributed by atoms with Gasteiger partial charge in [0, 0.05) is 44.3 Å². The van der Waals surface area contributed by atoms with E-state index in [0.29, 0.717) is 24.2 Å². The number of aliphatic hydroxyl groups excluding tert-OH is 1. The van der Waals surface area contributed by atoms with Gasteiger partial charge in [-0.3, -0.25) is 9.59 Å². The van der Waals surface area contributed by atoms with E-state index in [1.165, 1.54) is 0 Å². The zero-order valence-electron chi connectivity index (χ0n) is 19.3. The quantitative estimate of drug-likeness (QED) is 0.671. The number of likely N-dealkylation sites (N-methyl/N-ethyl adjacent to an activating group) is 1. The first-order valence-electron chi connectivity index (χ1n) is 11.2. The van der Waals surface area contributed by atoms with Crippen LogP contribution in [0.3, 0.4) is 0 Å². The Labute approximate surface area is 189 Å². The summed E-state index contributed by atoms with van der Waals surface area (Å²) < 4.78 is 11.2.